The van der Waals surface area contributed by atoms with Crippen molar-refractivity contribution in [2.24, 2.45) is 0 Å². The molecule has 0 saturated heterocycles. The van der Waals surface area contributed by atoms with Crippen LogP contribution < -0.4 is 10.6 Å². The largest absolute Gasteiger partial charge is 0.355 e. The first kappa shape index (κ1) is 17.0. The second-order valence-electron chi connectivity index (χ2n) is 6.45. The van der Waals surface area contributed by atoms with Crippen LogP contribution in [0, 0.1) is 0 Å². The van der Waals surface area contributed by atoms with E-state index < -0.39 is 5.54 Å². The van der Waals surface area contributed by atoms with E-state index in [2.05, 4.69) is 10.6 Å². The highest BCUT2D eigenvalue weighted by Crippen LogP contribution is 2.31. The van der Waals surface area contributed by atoms with Gasteiger partial charge in [-0.15, -0.1) is 0 Å². The molecule has 1 aliphatic heterocycles. The minimum absolute atomic E-state index is 0.108. The van der Waals surface area contributed by atoms with Gasteiger partial charge in [-0.2, -0.15) is 0 Å². The molecule has 2 heterocycles. The molecule has 1 aliphatic rings. The van der Waals surface area contributed by atoms with Crippen molar-refractivity contribution >= 4 is 28.6 Å². The summed E-state index contributed by atoms with van der Waals surface area (Å²) in [5, 5.41) is 6.24. The number of benzene rings is 1. The fourth-order valence-corrected chi connectivity index (χ4v) is 3.20. The molecule has 0 radical (unpaired) electrons. The van der Waals surface area contributed by atoms with Crippen LogP contribution in [-0.2, 0) is 16.1 Å². The first-order valence-electron chi connectivity index (χ1n) is 8.30. The van der Waals surface area contributed by atoms with Crippen LogP contribution in [0.4, 0.5) is 0 Å². The lowest BCUT2D eigenvalue weighted by Gasteiger charge is -2.41. The first-order chi connectivity index (χ1) is 11.9. The number of fused-ring (bicyclic) bond motifs is 3. The minimum Gasteiger partial charge on any atom is -0.355 e. The number of hydrogen-bond acceptors (Lipinski definition) is 3. The highest BCUT2D eigenvalue weighted by Gasteiger charge is 2.45. The summed E-state index contributed by atoms with van der Waals surface area (Å²) in [5.41, 5.74) is 0.414. The molecule has 3 amide bonds. The Morgan fingerprint density at radius 2 is 1.96 bits per heavy atom. The molecule has 1 aromatic carbocycles. The van der Waals surface area contributed by atoms with Gasteiger partial charge in [0.2, 0.25) is 11.8 Å². The molecule has 3 rings (SSSR count). The number of nitrogens with zero attached hydrogens (tertiary/aromatic N) is 2. The molecule has 2 aromatic rings. The van der Waals surface area contributed by atoms with Crippen molar-refractivity contribution in [3.8, 4) is 0 Å². The predicted molar refractivity (Wildman–Crippen MR) is 94.1 cm³/mol. The van der Waals surface area contributed by atoms with Crippen LogP contribution in [0.15, 0.2) is 30.3 Å². The molecule has 1 atom stereocenters. The molecule has 0 aliphatic carbocycles. The van der Waals surface area contributed by atoms with Crippen LogP contribution >= 0.6 is 0 Å². The summed E-state index contributed by atoms with van der Waals surface area (Å²) in [7, 11) is 1.62. The van der Waals surface area contributed by atoms with E-state index in [1.165, 1.54) is 4.90 Å². The molecule has 0 fully saturated rings. The summed E-state index contributed by atoms with van der Waals surface area (Å²) in [4.78, 5) is 38.6. The summed E-state index contributed by atoms with van der Waals surface area (Å²) in [6.45, 7) is 4.26. The van der Waals surface area contributed by atoms with Gasteiger partial charge in [0.25, 0.3) is 5.91 Å². The summed E-state index contributed by atoms with van der Waals surface area (Å²) < 4.78 is 1.88. The molecule has 25 heavy (non-hydrogen) atoms. The van der Waals surface area contributed by atoms with E-state index in [1.807, 2.05) is 41.8 Å². The zero-order valence-corrected chi connectivity index (χ0v) is 14.6. The quantitative estimate of drug-likeness (QED) is 0.860. The van der Waals surface area contributed by atoms with Crippen LogP contribution in [0.25, 0.3) is 10.9 Å². The van der Waals surface area contributed by atoms with Gasteiger partial charge < -0.3 is 20.1 Å². The topological polar surface area (TPSA) is 83.4 Å². The van der Waals surface area contributed by atoms with Crippen LogP contribution in [0.3, 0.4) is 0 Å². The number of aromatic nitrogens is 1. The van der Waals surface area contributed by atoms with Crippen molar-refractivity contribution in [3.05, 3.63) is 36.0 Å². The zero-order chi connectivity index (χ0) is 18.2. The van der Waals surface area contributed by atoms with Gasteiger partial charge in [-0.3, -0.25) is 14.4 Å². The Labute approximate surface area is 146 Å². The number of carbonyl (C=O) groups excluding carboxylic acids is 3. The van der Waals surface area contributed by atoms with Crippen molar-refractivity contribution in [2.45, 2.75) is 25.9 Å². The summed E-state index contributed by atoms with van der Waals surface area (Å²) in [6, 6.07) is 9.55. The average Bonchev–Trinajstić information content (AvgIpc) is 2.96. The Balaban J connectivity index is 1.91. The highest BCUT2D eigenvalue weighted by atomic mass is 16.2. The number of carbonyl (C=O) groups is 3. The van der Waals surface area contributed by atoms with E-state index in [9.17, 15) is 14.4 Å². The standard InChI is InChI=1S/C18H22N4O3/c1-4-19-15(23)10-20-17(25)18(2)11-22-13-8-6-5-7-12(13)9-14(22)16(24)21(18)3/h5-9H,4,10-11H2,1-3H3,(H,19,23)(H,20,25). The van der Waals surface area contributed by atoms with Gasteiger partial charge in [-0.25, -0.2) is 0 Å². The van der Waals surface area contributed by atoms with E-state index >= 15 is 0 Å². The molecule has 0 saturated carbocycles. The summed E-state index contributed by atoms with van der Waals surface area (Å²) in [6.07, 6.45) is 0. The molecular formula is C18H22N4O3. The van der Waals surface area contributed by atoms with Gasteiger partial charge in [0.15, 0.2) is 0 Å². The maximum atomic E-state index is 12.8. The van der Waals surface area contributed by atoms with Gasteiger partial charge in [-0.1, -0.05) is 18.2 Å². The number of amides is 3. The van der Waals surface area contributed by atoms with Crippen LogP contribution in [-0.4, -0.2) is 52.9 Å². The Bertz CT molecular complexity index is 857. The molecule has 2 N–H and O–H groups in total. The molecule has 0 spiro atoms. The third-order valence-electron chi connectivity index (χ3n) is 4.81. The van der Waals surface area contributed by atoms with Gasteiger partial charge in [-0.05, 0) is 26.0 Å². The Hall–Kier alpha value is -2.83. The highest BCUT2D eigenvalue weighted by molar-refractivity contribution is 6.03. The zero-order valence-electron chi connectivity index (χ0n) is 14.6. The lowest BCUT2D eigenvalue weighted by atomic mass is 9.95. The van der Waals surface area contributed by atoms with Crippen LogP contribution in [0.5, 0.6) is 0 Å². The van der Waals surface area contributed by atoms with Crippen molar-refractivity contribution in [3.63, 3.8) is 0 Å². The van der Waals surface area contributed by atoms with Crippen molar-refractivity contribution in [1.29, 1.82) is 0 Å². The van der Waals surface area contributed by atoms with Gasteiger partial charge in [0.1, 0.15) is 11.2 Å². The third-order valence-corrected chi connectivity index (χ3v) is 4.81. The van der Waals surface area contributed by atoms with Gasteiger partial charge in [0, 0.05) is 24.5 Å². The molecule has 1 unspecified atom stereocenters. The normalized spacial score (nSPS) is 19.6. The molecular weight excluding hydrogens is 320 g/mol. The second kappa shape index (κ2) is 6.23. The minimum atomic E-state index is -1.07. The van der Waals surface area contributed by atoms with E-state index in [4.69, 9.17) is 0 Å². The van der Waals surface area contributed by atoms with E-state index in [0.29, 0.717) is 18.8 Å². The van der Waals surface area contributed by atoms with E-state index in [0.717, 1.165) is 10.9 Å². The lowest BCUT2D eigenvalue weighted by molar-refractivity contribution is -0.134. The molecule has 7 nitrogen and oxygen atoms in total. The molecule has 1 aromatic heterocycles. The maximum Gasteiger partial charge on any atom is 0.271 e. The SMILES string of the molecule is CCNC(=O)CNC(=O)C1(C)Cn2c(cc3ccccc32)C(=O)N1C. The third kappa shape index (κ3) is 2.75. The maximum absolute atomic E-state index is 12.8. The van der Waals surface area contributed by atoms with E-state index in [1.54, 1.807) is 14.0 Å². The molecule has 132 valence electrons. The van der Waals surface area contributed by atoms with Crippen molar-refractivity contribution in [2.75, 3.05) is 20.1 Å². The number of hydrogen-bond donors (Lipinski definition) is 2. The molecule has 7 heteroatoms. The fourth-order valence-electron chi connectivity index (χ4n) is 3.20. The number of likely N-dealkylation sites (N-methyl/N-ethyl adjacent to an activating group) is 2. The Morgan fingerprint density at radius 3 is 2.68 bits per heavy atom. The smallest absolute Gasteiger partial charge is 0.271 e. The Morgan fingerprint density at radius 1 is 1.24 bits per heavy atom. The van der Waals surface area contributed by atoms with Gasteiger partial charge >= 0.3 is 0 Å². The number of nitrogens with one attached hydrogen (secondary N) is 2. The first-order valence-corrected chi connectivity index (χ1v) is 8.30. The molecule has 0 bridgehead atoms. The average molecular weight is 342 g/mol. The summed E-state index contributed by atoms with van der Waals surface area (Å²) in [5.74, 6) is -0.813. The van der Waals surface area contributed by atoms with Gasteiger partial charge in [0.05, 0.1) is 13.1 Å². The number of rotatable bonds is 4. The fraction of sp³-hybridized carbons (Fsp3) is 0.389. The van der Waals surface area contributed by atoms with Crippen LogP contribution in [0.2, 0.25) is 0 Å². The van der Waals surface area contributed by atoms with Crippen molar-refractivity contribution in [1.82, 2.24) is 20.1 Å². The van der Waals surface area contributed by atoms with Crippen LogP contribution in [0.1, 0.15) is 24.3 Å². The lowest BCUT2D eigenvalue weighted by Crippen LogP contribution is -2.63. The van der Waals surface area contributed by atoms with Crippen molar-refractivity contribution < 1.29 is 14.4 Å². The predicted octanol–water partition coefficient (Wildman–Crippen LogP) is 0.738. The Kier molecular flexibility index (Phi) is 4.24. The number of para-hydroxylation sites is 1. The van der Waals surface area contributed by atoms with E-state index in [-0.39, 0.29) is 24.3 Å². The summed E-state index contributed by atoms with van der Waals surface area (Å²) >= 11 is 0. The monoisotopic (exact) mass is 342 g/mol. The second-order valence-corrected chi connectivity index (χ2v) is 6.45.